The molecule has 4 saturated heterocycles. The zero-order valence-corrected chi connectivity index (χ0v) is 26.6. The fourth-order valence-corrected chi connectivity index (χ4v) is 8.28. The van der Waals surface area contributed by atoms with Crippen LogP contribution >= 0.6 is 0 Å². The summed E-state index contributed by atoms with van der Waals surface area (Å²) in [4.78, 5) is 49.5. The number of rotatable bonds is 3. The van der Waals surface area contributed by atoms with E-state index < -0.39 is 12.0 Å². The van der Waals surface area contributed by atoms with Crippen molar-refractivity contribution in [1.82, 2.24) is 25.0 Å². The number of aromatic nitrogens is 1. The molecule has 1 aromatic heterocycles. The number of likely N-dealkylation sites (N-methyl/N-ethyl adjacent to an activating group) is 1. The monoisotopic (exact) mass is 617 g/mol. The van der Waals surface area contributed by atoms with Gasteiger partial charge in [-0.05, 0) is 56.8 Å². The number of piperidine rings is 1. The number of aryl methyl sites for hydroxylation is 1. The molecule has 242 valence electrons. The Morgan fingerprint density at radius 1 is 1.09 bits per heavy atom. The van der Waals surface area contributed by atoms with E-state index >= 15 is 0 Å². The average molecular weight is 618 g/mol. The third-order valence-electron chi connectivity index (χ3n) is 10.6. The van der Waals surface area contributed by atoms with E-state index in [1.54, 1.807) is 4.90 Å². The zero-order valence-electron chi connectivity index (χ0n) is 26.6. The number of likely N-dealkylation sites (tertiary alicyclic amines) is 1. The van der Waals surface area contributed by atoms with Crippen molar-refractivity contribution in [3.05, 3.63) is 71.4 Å². The maximum absolute atomic E-state index is 13.9. The molecular formula is C35H47N5O5. The fraction of sp³-hybridized carbons (Fsp3) is 0.514. The van der Waals surface area contributed by atoms with Crippen molar-refractivity contribution < 1.29 is 26.0 Å². The number of carbonyl (C=O) groups is 3. The summed E-state index contributed by atoms with van der Waals surface area (Å²) in [5.74, 6) is -0.767. The Kier molecular flexibility index (Phi) is 8.26. The van der Waals surface area contributed by atoms with Gasteiger partial charge in [0, 0.05) is 49.5 Å². The lowest BCUT2D eigenvalue weighted by molar-refractivity contribution is -0.166. The summed E-state index contributed by atoms with van der Waals surface area (Å²) in [5, 5.41) is 4.40. The molecule has 4 fully saturated rings. The van der Waals surface area contributed by atoms with Crippen LogP contribution < -0.4 is 5.32 Å². The van der Waals surface area contributed by atoms with Crippen molar-refractivity contribution in [3.8, 4) is 0 Å². The van der Waals surface area contributed by atoms with Gasteiger partial charge in [0.05, 0.1) is 12.0 Å². The molecule has 6 atom stereocenters. The molecule has 10 nitrogen and oxygen atoms in total. The molecule has 0 radical (unpaired) electrons. The Morgan fingerprint density at radius 3 is 2.58 bits per heavy atom. The largest absolute Gasteiger partial charge is 0.412 e. The first-order valence-corrected chi connectivity index (χ1v) is 16.1. The molecule has 10 heteroatoms. The normalized spacial score (nSPS) is 30.3. The zero-order chi connectivity index (χ0) is 30.7. The summed E-state index contributed by atoms with van der Waals surface area (Å²) >= 11 is 0. The Morgan fingerprint density at radius 2 is 1.87 bits per heavy atom. The van der Waals surface area contributed by atoms with Gasteiger partial charge in [-0.3, -0.25) is 14.4 Å². The van der Waals surface area contributed by atoms with Crippen molar-refractivity contribution in [2.45, 2.75) is 76.4 Å². The molecule has 4 N–H and O–H groups in total. The van der Waals surface area contributed by atoms with E-state index in [4.69, 9.17) is 4.74 Å². The predicted molar refractivity (Wildman–Crippen MR) is 173 cm³/mol. The molecule has 5 heterocycles. The number of fused-ring (bicyclic) bond motifs is 5. The standard InChI is InChI=1S/C28H35N5O4.C7H8.H2O.H2/c1-15(2)28(27(36)33-14-23(34)32-9-5-8-21(32)26(33)37-28)30-25(35)17-10-19-18-6-4-7-20-24(18)16(12-29-20)11-22(19)31(3)13-17;1-7-5-3-2-4-6-7;;/h4,6-7,12,15,17,19,21-22,26,29H,5,8-11,13-14H2,1-3H3,(H,30,35);2-6H,1H3;1H2;1H/t17-,19?,21+,22-,26?,28-;;;/m1.../s1. The number of carbonyl (C=O) groups excluding carboxylic acids is 3. The Labute approximate surface area is 265 Å². The van der Waals surface area contributed by atoms with E-state index in [0.717, 1.165) is 31.2 Å². The molecule has 4 aliphatic heterocycles. The molecule has 3 aromatic rings. The SMILES string of the molecule is CC(C)[C@@]1(NC(=O)[C@@H]2CC3c4cccc5[nH]cc(c45)C[C@H]3N(C)C2)OC2[C@@H]3CCCN3C(=O)CN2C1=O.Cc1ccccc1.O.[HH]. The van der Waals surface area contributed by atoms with Crippen LogP contribution in [-0.4, -0.2) is 93.6 Å². The van der Waals surface area contributed by atoms with Crippen molar-refractivity contribution in [3.63, 3.8) is 0 Å². The van der Waals surface area contributed by atoms with Crippen LogP contribution in [0.3, 0.4) is 0 Å². The number of hydrogen-bond acceptors (Lipinski definition) is 5. The molecule has 1 aliphatic carbocycles. The van der Waals surface area contributed by atoms with Crippen LogP contribution in [0.4, 0.5) is 0 Å². The summed E-state index contributed by atoms with van der Waals surface area (Å²) in [6, 6.07) is 16.9. The van der Waals surface area contributed by atoms with Gasteiger partial charge in [-0.2, -0.15) is 0 Å². The molecule has 2 unspecified atom stereocenters. The highest BCUT2D eigenvalue weighted by atomic mass is 16.6. The number of H-pyrrole nitrogens is 1. The first-order valence-electron chi connectivity index (χ1n) is 16.1. The van der Waals surface area contributed by atoms with Crippen molar-refractivity contribution in [2.24, 2.45) is 11.8 Å². The third kappa shape index (κ3) is 5.13. The summed E-state index contributed by atoms with van der Waals surface area (Å²) in [6.07, 6.45) is 5.04. The maximum Gasteiger partial charge on any atom is 0.278 e. The van der Waals surface area contributed by atoms with Crippen LogP contribution in [0.15, 0.2) is 54.7 Å². The predicted octanol–water partition coefficient (Wildman–Crippen LogP) is 3.20. The van der Waals surface area contributed by atoms with Gasteiger partial charge >= 0.3 is 0 Å². The molecule has 5 aliphatic rings. The van der Waals surface area contributed by atoms with Gasteiger partial charge in [0.2, 0.25) is 17.5 Å². The lowest BCUT2D eigenvalue weighted by atomic mass is 9.72. The van der Waals surface area contributed by atoms with E-state index in [-0.39, 0.29) is 55.0 Å². The highest BCUT2D eigenvalue weighted by molar-refractivity contribution is 5.96. The summed E-state index contributed by atoms with van der Waals surface area (Å²) in [6.45, 7) is 7.25. The minimum atomic E-state index is -1.45. The van der Waals surface area contributed by atoms with Gasteiger partial charge in [-0.1, -0.05) is 61.9 Å². The first-order chi connectivity index (χ1) is 21.2. The number of nitrogens with zero attached hydrogens (tertiary/aromatic N) is 3. The van der Waals surface area contributed by atoms with E-state index in [1.807, 2.05) is 36.9 Å². The maximum atomic E-state index is 13.9. The molecule has 45 heavy (non-hydrogen) atoms. The quantitative estimate of drug-likeness (QED) is 0.467. The molecule has 8 rings (SSSR count). The number of aromatic amines is 1. The number of hydrogen-bond donors (Lipinski definition) is 2. The van der Waals surface area contributed by atoms with Gasteiger partial charge < -0.3 is 35.2 Å². The molecule has 0 saturated carbocycles. The van der Waals surface area contributed by atoms with Gasteiger partial charge in [0.1, 0.15) is 6.54 Å². The highest BCUT2D eigenvalue weighted by Crippen LogP contribution is 2.45. The van der Waals surface area contributed by atoms with Gasteiger partial charge in [0.15, 0.2) is 6.23 Å². The number of piperazine rings is 1. The Balaban J connectivity index is 0.000000413. The molecular weight excluding hydrogens is 570 g/mol. The van der Waals surface area contributed by atoms with E-state index in [1.165, 1.54) is 22.1 Å². The van der Waals surface area contributed by atoms with E-state index in [0.29, 0.717) is 19.1 Å². The number of benzene rings is 2. The number of nitrogens with one attached hydrogen (secondary N) is 2. The summed E-state index contributed by atoms with van der Waals surface area (Å²) in [5.41, 5.74) is 3.67. The van der Waals surface area contributed by atoms with Crippen molar-refractivity contribution in [2.75, 3.05) is 26.7 Å². The van der Waals surface area contributed by atoms with Crippen LogP contribution in [0, 0.1) is 18.8 Å². The van der Waals surface area contributed by atoms with Crippen LogP contribution in [0.5, 0.6) is 0 Å². The van der Waals surface area contributed by atoms with E-state index in [2.05, 4.69) is 65.7 Å². The number of amides is 3. The first kappa shape index (κ1) is 31.3. The molecule has 0 bridgehead atoms. The van der Waals surface area contributed by atoms with Crippen LogP contribution in [-0.2, 0) is 25.5 Å². The van der Waals surface area contributed by atoms with Gasteiger partial charge in [-0.15, -0.1) is 0 Å². The van der Waals surface area contributed by atoms with Crippen LogP contribution in [0.2, 0.25) is 0 Å². The second-order valence-electron chi connectivity index (χ2n) is 13.6. The molecule has 3 amide bonds. The van der Waals surface area contributed by atoms with Crippen molar-refractivity contribution in [1.29, 1.82) is 0 Å². The second-order valence-corrected chi connectivity index (χ2v) is 13.6. The Hall–Kier alpha value is -3.73. The van der Waals surface area contributed by atoms with Crippen molar-refractivity contribution >= 4 is 28.6 Å². The number of ether oxygens (including phenoxy) is 1. The van der Waals surface area contributed by atoms with E-state index in [9.17, 15) is 14.4 Å². The average Bonchev–Trinajstić information content (AvgIpc) is 3.73. The fourth-order valence-electron chi connectivity index (χ4n) is 8.28. The van der Waals surface area contributed by atoms with Crippen LogP contribution in [0.1, 0.15) is 57.1 Å². The lowest BCUT2D eigenvalue weighted by Crippen LogP contribution is -2.62. The Bertz CT molecular complexity index is 1600. The van der Waals surface area contributed by atoms with Gasteiger partial charge in [0.25, 0.3) is 5.91 Å². The minimum absolute atomic E-state index is 0. The van der Waals surface area contributed by atoms with Gasteiger partial charge in [-0.25, -0.2) is 0 Å². The third-order valence-corrected chi connectivity index (χ3v) is 10.6. The summed E-state index contributed by atoms with van der Waals surface area (Å²) < 4.78 is 6.50. The summed E-state index contributed by atoms with van der Waals surface area (Å²) in [7, 11) is 2.10. The smallest absolute Gasteiger partial charge is 0.278 e. The molecule has 2 aromatic carbocycles. The lowest BCUT2D eigenvalue weighted by Gasteiger charge is -2.45. The highest BCUT2D eigenvalue weighted by Gasteiger charge is 2.62. The van der Waals surface area contributed by atoms with Crippen LogP contribution in [0.25, 0.3) is 10.9 Å². The minimum Gasteiger partial charge on any atom is -0.412 e. The molecule has 0 spiro atoms. The topological polar surface area (TPSA) is 129 Å². The second kappa shape index (κ2) is 11.9.